The van der Waals surface area contributed by atoms with Crippen molar-refractivity contribution in [3.05, 3.63) is 35.4 Å². The lowest BCUT2D eigenvalue weighted by atomic mass is 10.0. The van der Waals surface area contributed by atoms with Crippen molar-refractivity contribution in [3.8, 4) is 0 Å². The van der Waals surface area contributed by atoms with Gasteiger partial charge in [-0.3, -0.25) is 9.00 Å². The van der Waals surface area contributed by atoms with E-state index >= 15 is 0 Å². The smallest absolute Gasteiger partial charge is 0.175 e. The van der Waals surface area contributed by atoms with Gasteiger partial charge in [0, 0.05) is 21.6 Å². The molecular formula is C16H22O2S. The second-order valence-corrected chi connectivity index (χ2v) is 6.98. The summed E-state index contributed by atoms with van der Waals surface area (Å²) in [6, 6.07) is 7.69. The highest BCUT2D eigenvalue weighted by Crippen LogP contribution is 2.22. The van der Waals surface area contributed by atoms with Gasteiger partial charge in [-0.15, -0.1) is 0 Å². The molecule has 1 saturated carbocycles. The summed E-state index contributed by atoms with van der Waals surface area (Å²) in [7, 11) is -0.994. The molecule has 104 valence electrons. The predicted octanol–water partition coefficient (Wildman–Crippen LogP) is 3.51. The highest BCUT2D eigenvalue weighted by Gasteiger charge is 2.22. The zero-order valence-corrected chi connectivity index (χ0v) is 12.4. The van der Waals surface area contributed by atoms with Crippen molar-refractivity contribution in [2.75, 3.05) is 5.75 Å². The van der Waals surface area contributed by atoms with Crippen LogP contribution < -0.4 is 0 Å². The Bertz CT molecular complexity index is 444. The third kappa shape index (κ3) is 4.00. The second-order valence-electron chi connectivity index (χ2n) is 5.26. The number of hydrogen-bond acceptors (Lipinski definition) is 2. The maximum Gasteiger partial charge on any atom is 0.175 e. The fraction of sp³-hybridized carbons (Fsp3) is 0.562. The number of aryl methyl sites for hydroxylation is 1. The molecule has 0 radical (unpaired) electrons. The first kappa shape index (κ1) is 14.4. The van der Waals surface area contributed by atoms with Crippen LogP contribution >= 0.6 is 0 Å². The van der Waals surface area contributed by atoms with Gasteiger partial charge >= 0.3 is 0 Å². The van der Waals surface area contributed by atoms with Crippen LogP contribution in [0.25, 0.3) is 0 Å². The van der Waals surface area contributed by atoms with E-state index in [4.69, 9.17) is 0 Å². The second kappa shape index (κ2) is 6.99. The summed E-state index contributed by atoms with van der Waals surface area (Å²) >= 11 is 0. The Morgan fingerprint density at radius 2 is 1.79 bits per heavy atom. The Labute approximate surface area is 118 Å². The molecule has 0 N–H and O–H groups in total. The van der Waals surface area contributed by atoms with Crippen LogP contribution in [0.5, 0.6) is 0 Å². The number of benzene rings is 1. The van der Waals surface area contributed by atoms with E-state index in [2.05, 4.69) is 6.92 Å². The Kier molecular flexibility index (Phi) is 5.32. The van der Waals surface area contributed by atoms with Crippen molar-refractivity contribution < 1.29 is 9.00 Å². The van der Waals surface area contributed by atoms with Crippen molar-refractivity contribution >= 4 is 16.6 Å². The van der Waals surface area contributed by atoms with Gasteiger partial charge < -0.3 is 0 Å². The van der Waals surface area contributed by atoms with Crippen LogP contribution in [-0.2, 0) is 17.2 Å². The lowest BCUT2D eigenvalue weighted by Crippen LogP contribution is -2.24. The molecule has 19 heavy (non-hydrogen) atoms. The number of ketones is 1. The van der Waals surface area contributed by atoms with Crippen LogP contribution in [0.15, 0.2) is 24.3 Å². The number of Topliss-reactive ketones (excluding diaryl/α,β-unsaturated/α-hetero) is 1. The number of carbonyl (C=O) groups excluding carboxylic acids is 1. The summed E-state index contributed by atoms with van der Waals surface area (Å²) < 4.78 is 12.2. The summed E-state index contributed by atoms with van der Waals surface area (Å²) in [4.78, 5) is 12.1. The van der Waals surface area contributed by atoms with Gasteiger partial charge in [-0.1, -0.05) is 50.5 Å². The highest BCUT2D eigenvalue weighted by atomic mass is 32.2. The van der Waals surface area contributed by atoms with Gasteiger partial charge in [-0.25, -0.2) is 0 Å². The van der Waals surface area contributed by atoms with E-state index in [0.29, 0.717) is 5.56 Å². The van der Waals surface area contributed by atoms with Crippen molar-refractivity contribution in [1.82, 2.24) is 0 Å². The summed E-state index contributed by atoms with van der Waals surface area (Å²) in [6.07, 6.45) is 6.59. The minimum absolute atomic E-state index is 0.0200. The van der Waals surface area contributed by atoms with E-state index in [9.17, 15) is 9.00 Å². The predicted molar refractivity (Wildman–Crippen MR) is 80.0 cm³/mol. The minimum atomic E-state index is -0.994. The Hall–Kier alpha value is -0.960. The minimum Gasteiger partial charge on any atom is -0.293 e. The highest BCUT2D eigenvalue weighted by molar-refractivity contribution is 7.86. The zero-order valence-electron chi connectivity index (χ0n) is 11.6. The van der Waals surface area contributed by atoms with Gasteiger partial charge in [-0.05, 0) is 24.8 Å². The average Bonchev–Trinajstić information content (AvgIpc) is 2.48. The zero-order chi connectivity index (χ0) is 13.7. The van der Waals surface area contributed by atoms with Crippen LogP contribution in [0.1, 0.15) is 54.9 Å². The number of carbonyl (C=O) groups is 1. The summed E-state index contributed by atoms with van der Waals surface area (Å²) in [6.45, 7) is 2.09. The molecule has 2 rings (SSSR count). The Morgan fingerprint density at radius 1 is 1.16 bits per heavy atom. The van der Waals surface area contributed by atoms with Crippen LogP contribution in [-0.4, -0.2) is 21.0 Å². The molecule has 1 fully saturated rings. The van der Waals surface area contributed by atoms with Gasteiger partial charge in [0.05, 0.1) is 5.75 Å². The molecular weight excluding hydrogens is 256 g/mol. The average molecular weight is 278 g/mol. The van der Waals surface area contributed by atoms with Crippen LogP contribution in [0.3, 0.4) is 0 Å². The number of rotatable bonds is 5. The summed E-state index contributed by atoms with van der Waals surface area (Å²) in [5.74, 6) is 0.211. The van der Waals surface area contributed by atoms with Crippen molar-refractivity contribution in [2.45, 2.75) is 50.7 Å². The van der Waals surface area contributed by atoms with E-state index in [1.165, 1.54) is 12.0 Å². The molecule has 0 amide bonds. The van der Waals surface area contributed by atoms with Gasteiger partial charge in [0.2, 0.25) is 0 Å². The first-order valence-corrected chi connectivity index (χ1v) is 8.58. The molecule has 0 spiro atoms. The maximum atomic E-state index is 12.2. The first-order chi connectivity index (χ1) is 9.20. The van der Waals surface area contributed by atoms with Gasteiger partial charge in [-0.2, -0.15) is 0 Å². The van der Waals surface area contributed by atoms with Crippen molar-refractivity contribution in [2.24, 2.45) is 0 Å². The lowest BCUT2D eigenvalue weighted by Gasteiger charge is -2.20. The Morgan fingerprint density at radius 3 is 2.37 bits per heavy atom. The summed E-state index contributed by atoms with van der Waals surface area (Å²) in [5.41, 5.74) is 1.92. The molecule has 0 bridgehead atoms. The molecule has 1 aliphatic rings. The van der Waals surface area contributed by atoms with Gasteiger partial charge in [0.15, 0.2) is 5.78 Å². The molecule has 2 nitrogen and oxygen atoms in total. The molecule has 0 saturated heterocycles. The molecule has 0 aromatic heterocycles. The largest absolute Gasteiger partial charge is 0.293 e. The fourth-order valence-electron chi connectivity index (χ4n) is 2.58. The van der Waals surface area contributed by atoms with Crippen molar-refractivity contribution in [1.29, 1.82) is 0 Å². The van der Waals surface area contributed by atoms with Crippen molar-refractivity contribution in [3.63, 3.8) is 0 Å². The first-order valence-electron chi connectivity index (χ1n) is 7.20. The summed E-state index contributed by atoms with van der Waals surface area (Å²) in [5, 5.41) is 0.243. The third-order valence-corrected chi connectivity index (χ3v) is 5.64. The molecule has 1 aromatic rings. The van der Waals surface area contributed by atoms with E-state index in [1.54, 1.807) is 0 Å². The topological polar surface area (TPSA) is 34.1 Å². The number of hydrogen-bond donors (Lipinski definition) is 0. The van der Waals surface area contributed by atoms with E-state index in [-0.39, 0.29) is 16.8 Å². The quantitative estimate of drug-likeness (QED) is 0.772. The molecule has 0 aliphatic heterocycles. The monoisotopic (exact) mass is 278 g/mol. The third-order valence-electron chi connectivity index (χ3n) is 3.88. The molecule has 1 aliphatic carbocycles. The van der Waals surface area contributed by atoms with Gasteiger partial charge in [0.1, 0.15) is 0 Å². The van der Waals surface area contributed by atoms with Gasteiger partial charge in [0.25, 0.3) is 0 Å². The van der Waals surface area contributed by atoms with E-state index < -0.39 is 10.8 Å². The Balaban J connectivity index is 1.93. The van der Waals surface area contributed by atoms with Crippen LogP contribution in [0, 0.1) is 0 Å². The lowest BCUT2D eigenvalue weighted by molar-refractivity contribution is 0.102. The maximum absolute atomic E-state index is 12.2. The van der Waals surface area contributed by atoms with Crippen LogP contribution in [0.4, 0.5) is 0 Å². The normalized spacial score (nSPS) is 18.2. The molecule has 0 heterocycles. The molecule has 1 unspecified atom stereocenters. The molecule has 3 heteroatoms. The molecule has 1 atom stereocenters. The van der Waals surface area contributed by atoms with E-state index in [1.807, 2.05) is 24.3 Å². The fourth-order valence-corrected chi connectivity index (χ4v) is 4.10. The van der Waals surface area contributed by atoms with Crippen LogP contribution in [0.2, 0.25) is 0 Å². The molecule has 1 aromatic carbocycles. The van der Waals surface area contributed by atoms with E-state index in [0.717, 1.165) is 32.1 Å². The standard InChI is InChI=1S/C16H22O2S/c1-2-13-8-10-14(11-9-13)16(17)12-19(18)15-6-4-3-5-7-15/h8-11,15H,2-7,12H2,1H3. The SMILES string of the molecule is CCc1ccc(C(=O)CS(=O)C2CCCCC2)cc1.